The SMILES string of the molecule is Clc1ccc(CNC2CCCN(Cc3ccccc3)C2)s1. The zero-order chi connectivity index (χ0) is 14.5. The highest BCUT2D eigenvalue weighted by Crippen LogP contribution is 2.22. The highest BCUT2D eigenvalue weighted by atomic mass is 35.5. The molecule has 0 aliphatic carbocycles. The molecule has 2 heterocycles. The van der Waals surface area contributed by atoms with Crippen LogP contribution in [0.1, 0.15) is 23.3 Å². The molecule has 1 aromatic carbocycles. The largest absolute Gasteiger partial charge is 0.308 e. The van der Waals surface area contributed by atoms with E-state index in [-0.39, 0.29) is 0 Å². The fourth-order valence-electron chi connectivity index (χ4n) is 2.90. The van der Waals surface area contributed by atoms with Crippen molar-refractivity contribution in [2.24, 2.45) is 0 Å². The van der Waals surface area contributed by atoms with E-state index in [0.29, 0.717) is 6.04 Å². The van der Waals surface area contributed by atoms with Crippen molar-refractivity contribution in [3.05, 3.63) is 57.2 Å². The Kier molecular flexibility index (Phi) is 5.31. The lowest BCUT2D eigenvalue weighted by Gasteiger charge is -2.33. The first-order valence-electron chi connectivity index (χ1n) is 7.53. The number of hydrogen-bond acceptors (Lipinski definition) is 3. The van der Waals surface area contributed by atoms with E-state index in [4.69, 9.17) is 11.6 Å². The lowest BCUT2D eigenvalue weighted by atomic mass is 10.0. The van der Waals surface area contributed by atoms with E-state index in [2.05, 4.69) is 46.6 Å². The number of thiophene rings is 1. The number of likely N-dealkylation sites (tertiary alicyclic amines) is 1. The molecule has 2 nitrogen and oxygen atoms in total. The number of nitrogens with zero attached hydrogens (tertiary/aromatic N) is 1. The van der Waals surface area contributed by atoms with Crippen LogP contribution in [-0.2, 0) is 13.1 Å². The molecule has 1 atom stereocenters. The highest BCUT2D eigenvalue weighted by Gasteiger charge is 2.19. The molecule has 1 unspecified atom stereocenters. The molecule has 1 saturated heterocycles. The molecule has 0 radical (unpaired) electrons. The summed E-state index contributed by atoms with van der Waals surface area (Å²) >= 11 is 7.65. The molecule has 0 bridgehead atoms. The summed E-state index contributed by atoms with van der Waals surface area (Å²) in [4.78, 5) is 3.87. The van der Waals surface area contributed by atoms with Gasteiger partial charge in [-0.1, -0.05) is 41.9 Å². The molecule has 0 spiro atoms. The minimum Gasteiger partial charge on any atom is -0.308 e. The predicted molar refractivity (Wildman–Crippen MR) is 90.9 cm³/mol. The maximum Gasteiger partial charge on any atom is 0.0931 e. The van der Waals surface area contributed by atoms with Crippen molar-refractivity contribution in [2.45, 2.75) is 32.0 Å². The minimum atomic E-state index is 0.586. The van der Waals surface area contributed by atoms with E-state index in [1.54, 1.807) is 11.3 Å². The second-order valence-corrected chi connectivity index (χ2v) is 7.45. The lowest BCUT2D eigenvalue weighted by Crippen LogP contribution is -2.44. The van der Waals surface area contributed by atoms with Crippen LogP contribution in [0.4, 0.5) is 0 Å². The molecule has 4 heteroatoms. The summed E-state index contributed by atoms with van der Waals surface area (Å²) in [6.07, 6.45) is 2.54. The molecule has 1 aliphatic rings. The number of benzene rings is 1. The molecule has 3 rings (SSSR count). The van der Waals surface area contributed by atoms with Crippen LogP contribution in [0.15, 0.2) is 42.5 Å². The Balaban J connectivity index is 1.49. The van der Waals surface area contributed by atoms with Gasteiger partial charge in [0.15, 0.2) is 0 Å². The smallest absolute Gasteiger partial charge is 0.0931 e. The van der Waals surface area contributed by atoms with E-state index in [9.17, 15) is 0 Å². The van der Waals surface area contributed by atoms with Gasteiger partial charge in [0.05, 0.1) is 4.34 Å². The van der Waals surface area contributed by atoms with Gasteiger partial charge < -0.3 is 5.32 Å². The summed E-state index contributed by atoms with van der Waals surface area (Å²) in [7, 11) is 0. The molecular formula is C17H21ClN2S. The molecule has 1 fully saturated rings. The Hall–Kier alpha value is -0.870. The standard InChI is InChI=1S/C17H21ClN2S/c18-17-9-8-16(21-17)11-19-15-7-4-10-20(13-15)12-14-5-2-1-3-6-14/h1-3,5-6,8-9,15,19H,4,7,10-13H2. The van der Waals surface area contributed by atoms with Gasteiger partial charge in [-0.15, -0.1) is 11.3 Å². The normalized spacial score (nSPS) is 19.8. The molecule has 1 N–H and O–H groups in total. The van der Waals surface area contributed by atoms with Crippen molar-refractivity contribution >= 4 is 22.9 Å². The van der Waals surface area contributed by atoms with Gasteiger partial charge in [0.2, 0.25) is 0 Å². The topological polar surface area (TPSA) is 15.3 Å². The average molecular weight is 321 g/mol. The van der Waals surface area contributed by atoms with Gasteiger partial charge in [-0.25, -0.2) is 0 Å². The zero-order valence-corrected chi connectivity index (χ0v) is 13.7. The Morgan fingerprint density at radius 3 is 2.81 bits per heavy atom. The van der Waals surface area contributed by atoms with Gasteiger partial charge in [-0.2, -0.15) is 0 Å². The monoisotopic (exact) mass is 320 g/mol. The summed E-state index contributed by atoms with van der Waals surface area (Å²) in [6, 6.07) is 15.4. The Bertz CT molecular complexity index is 555. The third-order valence-corrected chi connectivity index (χ3v) is 5.18. The first kappa shape index (κ1) is 15.0. The maximum absolute atomic E-state index is 5.98. The summed E-state index contributed by atoms with van der Waals surface area (Å²) in [5, 5.41) is 3.68. The van der Waals surface area contributed by atoms with Crippen molar-refractivity contribution in [3.8, 4) is 0 Å². The average Bonchev–Trinajstić information content (AvgIpc) is 2.92. The maximum atomic E-state index is 5.98. The van der Waals surface area contributed by atoms with Crippen molar-refractivity contribution < 1.29 is 0 Å². The molecule has 21 heavy (non-hydrogen) atoms. The van der Waals surface area contributed by atoms with Gasteiger partial charge in [0.1, 0.15) is 0 Å². The van der Waals surface area contributed by atoms with Crippen molar-refractivity contribution in [2.75, 3.05) is 13.1 Å². The quantitative estimate of drug-likeness (QED) is 0.890. The second-order valence-electron chi connectivity index (χ2n) is 5.65. The van der Waals surface area contributed by atoms with Gasteiger partial charge >= 0.3 is 0 Å². The number of hydrogen-bond donors (Lipinski definition) is 1. The van der Waals surface area contributed by atoms with E-state index >= 15 is 0 Å². The third-order valence-electron chi connectivity index (χ3n) is 3.95. The number of halogens is 1. The second kappa shape index (κ2) is 7.41. The summed E-state index contributed by atoms with van der Waals surface area (Å²) in [6.45, 7) is 4.33. The van der Waals surface area contributed by atoms with Crippen LogP contribution in [0, 0.1) is 0 Å². The summed E-state index contributed by atoms with van der Waals surface area (Å²) in [5.74, 6) is 0. The number of rotatable bonds is 5. The third kappa shape index (κ3) is 4.55. The van der Waals surface area contributed by atoms with Gasteiger partial charge in [-0.05, 0) is 37.1 Å². The van der Waals surface area contributed by atoms with E-state index < -0.39 is 0 Å². The van der Waals surface area contributed by atoms with Crippen molar-refractivity contribution in [3.63, 3.8) is 0 Å². The van der Waals surface area contributed by atoms with Gasteiger partial charge in [0.25, 0.3) is 0 Å². The van der Waals surface area contributed by atoms with Crippen LogP contribution in [0.5, 0.6) is 0 Å². The molecule has 0 amide bonds. The fraction of sp³-hybridized carbons (Fsp3) is 0.412. The van der Waals surface area contributed by atoms with Crippen LogP contribution in [0.2, 0.25) is 4.34 Å². The van der Waals surface area contributed by atoms with E-state index in [0.717, 1.165) is 24.0 Å². The first-order valence-corrected chi connectivity index (χ1v) is 8.73. The Labute approximate surface area is 135 Å². The Morgan fingerprint density at radius 2 is 2.05 bits per heavy atom. The van der Waals surface area contributed by atoms with Crippen LogP contribution < -0.4 is 5.32 Å². The molecule has 1 aliphatic heterocycles. The molecule has 112 valence electrons. The first-order chi connectivity index (χ1) is 10.3. The van der Waals surface area contributed by atoms with Gasteiger partial charge in [-0.3, -0.25) is 4.90 Å². The van der Waals surface area contributed by atoms with Crippen LogP contribution in [0.25, 0.3) is 0 Å². The minimum absolute atomic E-state index is 0.586. The van der Waals surface area contributed by atoms with E-state index in [1.807, 2.05) is 6.07 Å². The highest BCUT2D eigenvalue weighted by molar-refractivity contribution is 7.16. The number of piperidine rings is 1. The van der Waals surface area contributed by atoms with Crippen LogP contribution in [0.3, 0.4) is 0 Å². The van der Waals surface area contributed by atoms with Gasteiger partial charge in [0, 0.05) is 30.6 Å². The van der Waals surface area contributed by atoms with Crippen molar-refractivity contribution in [1.29, 1.82) is 0 Å². The number of nitrogens with one attached hydrogen (secondary N) is 1. The zero-order valence-electron chi connectivity index (χ0n) is 12.1. The van der Waals surface area contributed by atoms with Crippen molar-refractivity contribution in [1.82, 2.24) is 10.2 Å². The van der Waals surface area contributed by atoms with Crippen LogP contribution >= 0.6 is 22.9 Å². The molecular weight excluding hydrogens is 300 g/mol. The Morgan fingerprint density at radius 1 is 1.19 bits per heavy atom. The molecule has 2 aromatic rings. The summed E-state index contributed by atoms with van der Waals surface area (Å²) in [5.41, 5.74) is 1.41. The predicted octanol–water partition coefficient (Wildman–Crippen LogP) is 4.16. The fourth-order valence-corrected chi connectivity index (χ4v) is 3.94. The lowest BCUT2D eigenvalue weighted by molar-refractivity contribution is 0.183. The molecule has 0 saturated carbocycles. The molecule has 1 aromatic heterocycles. The van der Waals surface area contributed by atoms with Crippen LogP contribution in [-0.4, -0.2) is 24.0 Å². The van der Waals surface area contributed by atoms with E-state index in [1.165, 1.54) is 29.8 Å². The summed E-state index contributed by atoms with van der Waals surface area (Å²) < 4.78 is 0.876.